The van der Waals surface area contributed by atoms with Gasteiger partial charge in [-0.15, -0.1) is 0 Å². The van der Waals surface area contributed by atoms with Crippen LogP contribution < -0.4 is 4.90 Å². The Morgan fingerprint density at radius 3 is 2.82 bits per heavy atom. The molecule has 0 aliphatic heterocycles. The van der Waals surface area contributed by atoms with Gasteiger partial charge >= 0.3 is 0 Å². The monoisotopic (exact) mass is 292 g/mol. The highest BCUT2D eigenvalue weighted by molar-refractivity contribution is 9.10. The van der Waals surface area contributed by atoms with Crippen LogP contribution in [0, 0.1) is 6.92 Å². The fourth-order valence-corrected chi connectivity index (χ4v) is 1.84. The highest BCUT2D eigenvalue weighted by Gasteiger charge is 2.05. The third kappa shape index (κ3) is 3.23. The van der Waals surface area contributed by atoms with Gasteiger partial charge in [-0.2, -0.15) is 0 Å². The third-order valence-corrected chi connectivity index (χ3v) is 2.79. The summed E-state index contributed by atoms with van der Waals surface area (Å²) in [6.45, 7) is 2.72. The molecule has 0 aliphatic rings. The van der Waals surface area contributed by atoms with Crippen molar-refractivity contribution in [1.29, 1.82) is 0 Å². The number of anilines is 1. The van der Waals surface area contributed by atoms with Crippen LogP contribution in [0.4, 0.5) is 5.82 Å². The molecule has 0 unspecified atom stereocenters. The maximum absolute atomic E-state index is 4.46. The number of aryl methyl sites for hydroxylation is 1. The minimum atomic E-state index is 0.727. The summed E-state index contributed by atoms with van der Waals surface area (Å²) < 4.78 is 0.784. The minimum Gasteiger partial charge on any atom is -0.354 e. The number of rotatable bonds is 3. The molecule has 2 heterocycles. The number of hydrogen-bond acceptors (Lipinski definition) is 4. The van der Waals surface area contributed by atoms with Crippen LogP contribution in [-0.2, 0) is 6.54 Å². The molecule has 0 N–H and O–H groups in total. The van der Waals surface area contributed by atoms with Crippen molar-refractivity contribution in [2.45, 2.75) is 13.5 Å². The quantitative estimate of drug-likeness (QED) is 0.816. The number of hydrogen-bond donors (Lipinski definition) is 0. The van der Waals surface area contributed by atoms with Crippen LogP contribution >= 0.6 is 15.9 Å². The van der Waals surface area contributed by atoms with Crippen LogP contribution in [0.3, 0.4) is 0 Å². The van der Waals surface area contributed by atoms with Gasteiger partial charge in [-0.05, 0) is 35.0 Å². The summed E-state index contributed by atoms with van der Waals surface area (Å²) in [6, 6.07) is 7.90. The van der Waals surface area contributed by atoms with Crippen LogP contribution in [0.1, 0.15) is 11.4 Å². The second kappa shape index (κ2) is 5.23. The van der Waals surface area contributed by atoms with Crippen molar-refractivity contribution in [2.75, 3.05) is 11.9 Å². The van der Waals surface area contributed by atoms with E-state index in [1.165, 1.54) is 0 Å². The van der Waals surface area contributed by atoms with Crippen LogP contribution in [-0.4, -0.2) is 22.0 Å². The largest absolute Gasteiger partial charge is 0.354 e. The minimum absolute atomic E-state index is 0.727. The van der Waals surface area contributed by atoms with E-state index in [-0.39, 0.29) is 0 Å². The Morgan fingerprint density at radius 2 is 2.12 bits per heavy atom. The SMILES string of the molecule is Cc1cccc(CN(C)c2cc(Br)ncn2)n1. The van der Waals surface area contributed by atoms with E-state index in [1.807, 2.05) is 43.1 Å². The molecule has 5 heteroatoms. The van der Waals surface area contributed by atoms with Crippen LogP contribution in [0.15, 0.2) is 35.2 Å². The van der Waals surface area contributed by atoms with Gasteiger partial charge in [-0.25, -0.2) is 9.97 Å². The lowest BCUT2D eigenvalue weighted by atomic mass is 10.3. The van der Waals surface area contributed by atoms with Gasteiger partial charge in [0.1, 0.15) is 16.7 Å². The van der Waals surface area contributed by atoms with E-state index in [9.17, 15) is 0 Å². The molecule has 17 heavy (non-hydrogen) atoms. The molecule has 0 saturated heterocycles. The Balaban J connectivity index is 2.14. The van der Waals surface area contributed by atoms with E-state index in [2.05, 4.69) is 30.9 Å². The van der Waals surface area contributed by atoms with Gasteiger partial charge in [0.25, 0.3) is 0 Å². The summed E-state index contributed by atoms with van der Waals surface area (Å²) in [4.78, 5) is 14.7. The van der Waals surface area contributed by atoms with Gasteiger partial charge in [0, 0.05) is 18.8 Å². The van der Waals surface area contributed by atoms with E-state index in [4.69, 9.17) is 0 Å². The third-order valence-electron chi connectivity index (χ3n) is 2.36. The molecular formula is C12H13BrN4. The Bertz CT molecular complexity index is 515. The van der Waals surface area contributed by atoms with E-state index in [0.29, 0.717) is 0 Å². The molecule has 88 valence electrons. The molecule has 2 aromatic heterocycles. The van der Waals surface area contributed by atoms with E-state index in [1.54, 1.807) is 6.33 Å². The molecule has 0 atom stereocenters. The Hall–Kier alpha value is -1.49. The van der Waals surface area contributed by atoms with Crippen molar-refractivity contribution < 1.29 is 0 Å². The molecule has 0 fully saturated rings. The predicted octanol–water partition coefficient (Wildman–Crippen LogP) is 2.58. The molecule has 0 saturated carbocycles. The average molecular weight is 293 g/mol. The van der Waals surface area contributed by atoms with Crippen molar-refractivity contribution in [3.63, 3.8) is 0 Å². The van der Waals surface area contributed by atoms with Crippen LogP contribution in [0.5, 0.6) is 0 Å². The van der Waals surface area contributed by atoms with Crippen molar-refractivity contribution in [2.24, 2.45) is 0 Å². The Labute approximate surface area is 109 Å². The zero-order valence-electron chi connectivity index (χ0n) is 9.76. The first-order chi connectivity index (χ1) is 8.15. The highest BCUT2D eigenvalue weighted by Crippen LogP contribution is 2.15. The van der Waals surface area contributed by atoms with Crippen LogP contribution in [0.25, 0.3) is 0 Å². The molecule has 0 bridgehead atoms. The van der Waals surface area contributed by atoms with Gasteiger partial charge in [-0.1, -0.05) is 6.07 Å². The number of nitrogens with zero attached hydrogens (tertiary/aromatic N) is 4. The van der Waals surface area contributed by atoms with E-state index in [0.717, 1.165) is 28.4 Å². The molecular weight excluding hydrogens is 280 g/mol. The lowest BCUT2D eigenvalue weighted by Gasteiger charge is -2.17. The summed E-state index contributed by atoms with van der Waals surface area (Å²) >= 11 is 3.33. The fraction of sp³-hybridized carbons (Fsp3) is 0.250. The van der Waals surface area contributed by atoms with Gasteiger partial charge < -0.3 is 4.90 Å². The van der Waals surface area contributed by atoms with Crippen molar-refractivity contribution in [3.8, 4) is 0 Å². The van der Waals surface area contributed by atoms with Crippen molar-refractivity contribution in [3.05, 3.63) is 46.6 Å². The maximum atomic E-state index is 4.46. The number of halogens is 1. The summed E-state index contributed by atoms with van der Waals surface area (Å²) in [5.41, 5.74) is 2.06. The second-order valence-corrected chi connectivity index (χ2v) is 4.64. The zero-order valence-corrected chi connectivity index (χ0v) is 11.3. The normalized spacial score (nSPS) is 10.3. The standard InChI is InChI=1S/C12H13BrN4/c1-9-4-3-5-10(16-9)7-17(2)12-6-11(13)14-8-15-12/h3-6,8H,7H2,1-2H3. The molecule has 0 aromatic carbocycles. The Morgan fingerprint density at radius 1 is 1.29 bits per heavy atom. The summed E-state index contributed by atoms with van der Waals surface area (Å²) in [5, 5.41) is 0. The molecule has 2 rings (SSSR count). The van der Waals surface area contributed by atoms with Crippen molar-refractivity contribution >= 4 is 21.7 Å². The Kier molecular flexibility index (Phi) is 3.68. The highest BCUT2D eigenvalue weighted by atomic mass is 79.9. The summed E-state index contributed by atoms with van der Waals surface area (Å²) in [6.07, 6.45) is 1.54. The lowest BCUT2D eigenvalue weighted by Crippen LogP contribution is -2.18. The molecule has 4 nitrogen and oxygen atoms in total. The smallest absolute Gasteiger partial charge is 0.133 e. The number of aromatic nitrogens is 3. The first-order valence-corrected chi connectivity index (χ1v) is 6.05. The lowest BCUT2D eigenvalue weighted by molar-refractivity contribution is 0.853. The van der Waals surface area contributed by atoms with E-state index >= 15 is 0 Å². The van der Waals surface area contributed by atoms with Crippen molar-refractivity contribution in [1.82, 2.24) is 15.0 Å². The second-order valence-electron chi connectivity index (χ2n) is 3.83. The van der Waals surface area contributed by atoms with Gasteiger partial charge in [0.05, 0.1) is 12.2 Å². The number of pyridine rings is 1. The molecule has 0 aliphatic carbocycles. The van der Waals surface area contributed by atoms with Crippen LogP contribution in [0.2, 0.25) is 0 Å². The summed E-state index contributed by atoms with van der Waals surface area (Å²) in [5.74, 6) is 0.871. The molecule has 2 aromatic rings. The maximum Gasteiger partial charge on any atom is 0.133 e. The predicted molar refractivity (Wildman–Crippen MR) is 70.8 cm³/mol. The fourth-order valence-electron chi connectivity index (χ4n) is 1.54. The average Bonchev–Trinajstić information content (AvgIpc) is 2.29. The van der Waals surface area contributed by atoms with Gasteiger partial charge in [-0.3, -0.25) is 4.98 Å². The van der Waals surface area contributed by atoms with E-state index < -0.39 is 0 Å². The molecule has 0 amide bonds. The topological polar surface area (TPSA) is 41.9 Å². The molecule has 0 radical (unpaired) electrons. The first-order valence-electron chi connectivity index (χ1n) is 5.26. The summed E-state index contributed by atoms with van der Waals surface area (Å²) in [7, 11) is 1.98. The van der Waals surface area contributed by atoms with Gasteiger partial charge in [0.2, 0.25) is 0 Å². The zero-order chi connectivity index (χ0) is 12.3. The molecule has 0 spiro atoms. The van der Waals surface area contributed by atoms with Gasteiger partial charge in [0.15, 0.2) is 0 Å². The first kappa shape index (κ1) is 12.0.